The topological polar surface area (TPSA) is 20.3 Å². The summed E-state index contributed by atoms with van der Waals surface area (Å²) >= 11 is 0. The van der Waals surface area contributed by atoms with Crippen LogP contribution in [0.1, 0.15) is 46.8 Å². The molecule has 0 unspecified atom stereocenters. The fourth-order valence-electron chi connectivity index (χ4n) is 2.86. The molecule has 0 saturated heterocycles. The van der Waals surface area contributed by atoms with Gasteiger partial charge in [-0.3, -0.25) is 4.79 Å². The predicted octanol–water partition coefficient (Wildman–Crippen LogP) is 4.42. The first-order chi connectivity index (χ1) is 11.2. The van der Waals surface area contributed by atoms with E-state index in [1.807, 2.05) is 53.4 Å². The van der Waals surface area contributed by atoms with Crippen molar-refractivity contribution in [1.29, 1.82) is 0 Å². The summed E-state index contributed by atoms with van der Waals surface area (Å²) in [5, 5.41) is 0. The molecule has 0 bridgehead atoms. The zero-order chi connectivity index (χ0) is 16.2. The van der Waals surface area contributed by atoms with Crippen LogP contribution < -0.4 is 0 Å². The van der Waals surface area contributed by atoms with Gasteiger partial charge in [0.2, 0.25) is 0 Å². The molecule has 2 heteroatoms. The number of hydrogen-bond acceptors (Lipinski definition) is 1. The molecule has 1 amide bonds. The lowest BCUT2D eigenvalue weighted by atomic mass is 10.1. The summed E-state index contributed by atoms with van der Waals surface area (Å²) in [6.07, 6.45) is 9.58. The van der Waals surface area contributed by atoms with Gasteiger partial charge in [-0.1, -0.05) is 49.6 Å². The highest BCUT2D eigenvalue weighted by Crippen LogP contribution is 2.34. The molecular weight excluding hydrogens is 282 g/mol. The van der Waals surface area contributed by atoms with Gasteiger partial charge in [0.1, 0.15) is 0 Å². The molecule has 3 rings (SSSR count). The van der Waals surface area contributed by atoms with Gasteiger partial charge in [-0.25, -0.2) is 0 Å². The number of rotatable bonds is 4. The molecule has 0 saturated carbocycles. The van der Waals surface area contributed by atoms with E-state index in [0.29, 0.717) is 0 Å². The number of carbonyl (C=O) groups excluding carboxylic acids is 1. The maximum atomic E-state index is 12.7. The second-order valence-corrected chi connectivity index (χ2v) is 5.66. The fourth-order valence-corrected chi connectivity index (χ4v) is 2.86. The number of benzene rings is 2. The average molecular weight is 301 g/mol. The number of fused-ring (bicyclic) bond motifs is 1. The maximum absolute atomic E-state index is 12.7. The van der Waals surface area contributed by atoms with Gasteiger partial charge in [-0.05, 0) is 36.3 Å². The van der Waals surface area contributed by atoms with Gasteiger partial charge in [0.25, 0.3) is 5.91 Å². The van der Waals surface area contributed by atoms with Crippen molar-refractivity contribution in [2.45, 2.75) is 19.8 Å². The predicted molar refractivity (Wildman–Crippen MR) is 94.6 cm³/mol. The van der Waals surface area contributed by atoms with Crippen molar-refractivity contribution in [3.05, 3.63) is 70.8 Å². The third-order valence-electron chi connectivity index (χ3n) is 4.06. The zero-order valence-corrected chi connectivity index (χ0v) is 13.3. The third kappa shape index (κ3) is 2.91. The quantitative estimate of drug-likeness (QED) is 0.765. The Bertz CT molecular complexity index is 811. The molecule has 1 aliphatic heterocycles. The van der Waals surface area contributed by atoms with Crippen molar-refractivity contribution in [2.75, 3.05) is 6.54 Å². The number of nitrogens with zero attached hydrogens (tertiary/aromatic N) is 1. The molecule has 114 valence electrons. The molecule has 0 atom stereocenters. The first kappa shape index (κ1) is 15.1. The van der Waals surface area contributed by atoms with Crippen LogP contribution in [0.25, 0.3) is 11.8 Å². The van der Waals surface area contributed by atoms with Gasteiger partial charge in [0, 0.05) is 23.2 Å². The Kier molecular flexibility index (Phi) is 4.30. The fraction of sp³-hybridized carbons (Fsp3) is 0.190. The van der Waals surface area contributed by atoms with Crippen LogP contribution in [0.15, 0.2) is 48.5 Å². The normalized spacial score (nSPS) is 14.9. The van der Waals surface area contributed by atoms with Gasteiger partial charge >= 0.3 is 0 Å². The van der Waals surface area contributed by atoms with E-state index in [1.165, 1.54) is 0 Å². The van der Waals surface area contributed by atoms with E-state index in [-0.39, 0.29) is 5.91 Å². The van der Waals surface area contributed by atoms with Crippen molar-refractivity contribution in [3.8, 4) is 12.3 Å². The second-order valence-electron chi connectivity index (χ2n) is 5.66. The van der Waals surface area contributed by atoms with Crippen LogP contribution in [0.2, 0.25) is 0 Å². The summed E-state index contributed by atoms with van der Waals surface area (Å²) in [6, 6.07) is 15.6. The Balaban J connectivity index is 2.07. The molecule has 0 spiro atoms. The van der Waals surface area contributed by atoms with E-state index in [4.69, 9.17) is 6.42 Å². The van der Waals surface area contributed by atoms with Crippen LogP contribution in [0, 0.1) is 12.3 Å². The van der Waals surface area contributed by atoms with Crippen LogP contribution in [0.3, 0.4) is 0 Å². The van der Waals surface area contributed by atoms with Crippen molar-refractivity contribution >= 4 is 17.7 Å². The molecule has 2 aromatic carbocycles. The largest absolute Gasteiger partial charge is 0.308 e. The zero-order valence-electron chi connectivity index (χ0n) is 13.3. The third-order valence-corrected chi connectivity index (χ3v) is 4.06. The Morgan fingerprint density at radius 2 is 1.91 bits per heavy atom. The van der Waals surface area contributed by atoms with E-state index in [1.54, 1.807) is 0 Å². The van der Waals surface area contributed by atoms with Crippen LogP contribution in [0.4, 0.5) is 0 Å². The van der Waals surface area contributed by atoms with Crippen molar-refractivity contribution in [1.82, 2.24) is 4.90 Å². The second kappa shape index (κ2) is 6.54. The SMILES string of the molecule is C#Cc1cccc(/C=C2/c3ccccc3C(=O)N2CCCC)c1. The lowest BCUT2D eigenvalue weighted by molar-refractivity contribution is 0.0849. The van der Waals surface area contributed by atoms with Crippen LogP contribution in [0.5, 0.6) is 0 Å². The summed E-state index contributed by atoms with van der Waals surface area (Å²) in [7, 11) is 0. The molecule has 0 fully saturated rings. The molecule has 1 heterocycles. The van der Waals surface area contributed by atoms with Crippen LogP contribution in [-0.2, 0) is 0 Å². The van der Waals surface area contributed by atoms with Crippen molar-refractivity contribution < 1.29 is 4.79 Å². The minimum atomic E-state index is 0.0911. The monoisotopic (exact) mass is 301 g/mol. The summed E-state index contributed by atoms with van der Waals surface area (Å²) in [5.74, 6) is 2.75. The lowest BCUT2D eigenvalue weighted by Crippen LogP contribution is -2.24. The van der Waals surface area contributed by atoms with E-state index in [2.05, 4.69) is 18.9 Å². The van der Waals surface area contributed by atoms with Gasteiger partial charge in [0.05, 0.1) is 5.70 Å². The standard InChI is InChI=1S/C21H19NO/c1-3-5-13-22-20(15-17-10-8-9-16(4-2)14-17)18-11-6-7-12-19(18)21(22)23/h2,6-12,14-15H,3,5,13H2,1H3/b20-15-. The van der Waals surface area contributed by atoms with Gasteiger partial charge in [-0.15, -0.1) is 6.42 Å². The smallest absolute Gasteiger partial charge is 0.258 e. The Morgan fingerprint density at radius 3 is 2.65 bits per heavy atom. The highest BCUT2D eigenvalue weighted by molar-refractivity contribution is 6.11. The van der Waals surface area contributed by atoms with E-state index in [9.17, 15) is 4.79 Å². The van der Waals surface area contributed by atoms with Gasteiger partial charge in [-0.2, -0.15) is 0 Å². The molecule has 0 N–H and O–H groups in total. The van der Waals surface area contributed by atoms with E-state index < -0.39 is 0 Å². The molecule has 1 aliphatic rings. The van der Waals surface area contributed by atoms with Gasteiger partial charge < -0.3 is 4.90 Å². The molecular formula is C21H19NO. The number of carbonyl (C=O) groups is 1. The Hall–Kier alpha value is -2.79. The maximum Gasteiger partial charge on any atom is 0.258 e. The summed E-state index contributed by atoms with van der Waals surface area (Å²) in [5.41, 5.74) is 4.61. The minimum Gasteiger partial charge on any atom is -0.308 e. The van der Waals surface area contributed by atoms with Crippen LogP contribution in [-0.4, -0.2) is 17.4 Å². The molecule has 23 heavy (non-hydrogen) atoms. The number of amides is 1. The molecule has 0 radical (unpaired) electrons. The van der Waals surface area contributed by atoms with E-state index in [0.717, 1.165) is 47.3 Å². The average Bonchev–Trinajstić information content (AvgIpc) is 2.86. The first-order valence-electron chi connectivity index (χ1n) is 7.94. The van der Waals surface area contributed by atoms with Gasteiger partial charge in [0.15, 0.2) is 0 Å². The lowest BCUT2D eigenvalue weighted by Gasteiger charge is -2.18. The van der Waals surface area contributed by atoms with Crippen molar-refractivity contribution in [3.63, 3.8) is 0 Å². The molecule has 2 nitrogen and oxygen atoms in total. The summed E-state index contributed by atoms with van der Waals surface area (Å²) in [4.78, 5) is 14.6. The van der Waals surface area contributed by atoms with Crippen molar-refractivity contribution in [2.24, 2.45) is 0 Å². The Labute approximate surface area is 137 Å². The Morgan fingerprint density at radius 1 is 1.13 bits per heavy atom. The highest BCUT2D eigenvalue weighted by Gasteiger charge is 2.31. The number of unbranched alkanes of at least 4 members (excludes halogenated alkanes) is 1. The first-order valence-corrected chi connectivity index (χ1v) is 7.94. The summed E-state index contributed by atoms with van der Waals surface area (Å²) < 4.78 is 0. The number of hydrogen-bond donors (Lipinski definition) is 0. The molecule has 0 aliphatic carbocycles. The molecule has 0 aromatic heterocycles. The molecule has 2 aromatic rings. The van der Waals surface area contributed by atoms with E-state index >= 15 is 0 Å². The highest BCUT2D eigenvalue weighted by atomic mass is 16.2. The van der Waals surface area contributed by atoms with Crippen LogP contribution >= 0.6 is 0 Å². The summed E-state index contributed by atoms with van der Waals surface area (Å²) in [6.45, 7) is 2.87. The minimum absolute atomic E-state index is 0.0911. The number of terminal acetylenes is 1.